The lowest BCUT2D eigenvalue weighted by atomic mass is 10.0. The van der Waals surface area contributed by atoms with Crippen LogP contribution in [0, 0.1) is 0 Å². The number of fused-ring (bicyclic) bond motifs is 1. The Kier molecular flexibility index (Phi) is 2.96. The second kappa shape index (κ2) is 4.40. The van der Waals surface area contributed by atoms with Gasteiger partial charge in [-0.25, -0.2) is 0 Å². The van der Waals surface area contributed by atoms with Gasteiger partial charge in [-0.15, -0.1) is 0 Å². The highest BCUT2D eigenvalue weighted by molar-refractivity contribution is 9.10. The molecule has 3 rings (SSSR count). The lowest BCUT2D eigenvalue weighted by Gasteiger charge is -2.21. The van der Waals surface area contributed by atoms with Crippen LogP contribution in [-0.2, 0) is 4.79 Å². The van der Waals surface area contributed by atoms with E-state index in [4.69, 9.17) is 14.6 Å². The predicted molar refractivity (Wildman–Crippen MR) is 72.6 cm³/mol. The molecule has 1 spiro atoms. The van der Waals surface area contributed by atoms with Gasteiger partial charge in [0.1, 0.15) is 0 Å². The van der Waals surface area contributed by atoms with Crippen LogP contribution in [0.4, 0.5) is 0 Å². The molecule has 0 radical (unpaired) electrons. The van der Waals surface area contributed by atoms with Crippen molar-refractivity contribution in [3.63, 3.8) is 0 Å². The van der Waals surface area contributed by atoms with E-state index in [1.54, 1.807) is 13.0 Å². The largest absolute Gasteiger partial charge is 0.481 e. The first-order valence-electron chi connectivity index (χ1n) is 6.45. The third-order valence-electron chi connectivity index (χ3n) is 3.86. The molecule has 1 saturated carbocycles. The summed E-state index contributed by atoms with van der Waals surface area (Å²) in [7, 11) is 0. The van der Waals surface area contributed by atoms with Gasteiger partial charge in [0.2, 0.25) is 0 Å². The van der Waals surface area contributed by atoms with E-state index < -0.39 is 17.7 Å². The molecule has 1 heterocycles. The molecule has 1 unspecified atom stereocenters. The zero-order valence-corrected chi connectivity index (χ0v) is 12.2. The van der Waals surface area contributed by atoms with Crippen molar-refractivity contribution in [1.82, 2.24) is 0 Å². The van der Waals surface area contributed by atoms with E-state index >= 15 is 0 Å². The van der Waals surface area contributed by atoms with Crippen molar-refractivity contribution >= 4 is 21.9 Å². The van der Waals surface area contributed by atoms with E-state index in [2.05, 4.69) is 15.9 Å². The van der Waals surface area contributed by atoms with Crippen molar-refractivity contribution in [1.29, 1.82) is 0 Å². The highest BCUT2D eigenvalue weighted by Crippen LogP contribution is 2.49. The summed E-state index contributed by atoms with van der Waals surface area (Å²) in [4.78, 5) is 11.1. The Morgan fingerprint density at radius 1 is 1.32 bits per heavy atom. The summed E-state index contributed by atoms with van der Waals surface area (Å²) < 4.78 is 12.6. The first-order chi connectivity index (χ1) is 9.01. The first kappa shape index (κ1) is 12.8. The number of benzene rings is 1. The zero-order valence-electron chi connectivity index (χ0n) is 10.6. The Hall–Kier alpha value is -1.23. The van der Waals surface area contributed by atoms with Gasteiger partial charge in [0.15, 0.2) is 11.5 Å². The van der Waals surface area contributed by atoms with E-state index in [-0.39, 0.29) is 0 Å². The molecule has 19 heavy (non-hydrogen) atoms. The SMILES string of the molecule is CC(C(=O)O)c1cc2c(cc1Br)OC1(CCCC1)O2. The monoisotopic (exact) mass is 326 g/mol. The van der Waals surface area contributed by atoms with Crippen LogP contribution in [-0.4, -0.2) is 16.9 Å². The number of ether oxygens (including phenoxy) is 2. The van der Waals surface area contributed by atoms with Crippen LogP contribution in [0.1, 0.15) is 44.1 Å². The Bertz CT molecular complexity index is 534. The molecule has 1 aromatic rings. The molecule has 0 saturated heterocycles. The highest BCUT2D eigenvalue weighted by Gasteiger charge is 2.44. The van der Waals surface area contributed by atoms with E-state index in [1.165, 1.54) is 0 Å². The molecule has 1 aliphatic heterocycles. The minimum Gasteiger partial charge on any atom is -0.481 e. The van der Waals surface area contributed by atoms with Gasteiger partial charge in [0.05, 0.1) is 5.92 Å². The smallest absolute Gasteiger partial charge is 0.310 e. The van der Waals surface area contributed by atoms with Crippen molar-refractivity contribution in [2.45, 2.75) is 44.3 Å². The molecule has 0 bridgehead atoms. The van der Waals surface area contributed by atoms with E-state index in [9.17, 15) is 4.79 Å². The molecule has 0 amide bonds. The Labute approximate surface area is 119 Å². The standard InChI is InChI=1S/C14H15BrO4/c1-8(13(16)17)9-6-11-12(7-10(9)15)19-14(18-11)4-2-3-5-14/h6-8H,2-5H2,1H3,(H,16,17). The Balaban J connectivity index is 1.96. The minimum atomic E-state index is -0.852. The average Bonchev–Trinajstić information content (AvgIpc) is 2.94. The minimum absolute atomic E-state index is 0.507. The van der Waals surface area contributed by atoms with Gasteiger partial charge >= 0.3 is 5.97 Å². The molecule has 1 aliphatic carbocycles. The lowest BCUT2D eigenvalue weighted by Crippen LogP contribution is -2.34. The number of rotatable bonds is 2. The number of halogens is 1. The third kappa shape index (κ3) is 2.10. The average molecular weight is 327 g/mol. The van der Waals surface area contributed by atoms with Crippen LogP contribution < -0.4 is 9.47 Å². The van der Waals surface area contributed by atoms with Crippen molar-refractivity contribution in [3.05, 3.63) is 22.2 Å². The van der Waals surface area contributed by atoms with Gasteiger partial charge in [-0.05, 0) is 37.5 Å². The highest BCUT2D eigenvalue weighted by atomic mass is 79.9. The van der Waals surface area contributed by atoms with Crippen molar-refractivity contribution < 1.29 is 19.4 Å². The summed E-state index contributed by atoms with van der Waals surface area (Å²) in [5.41, 5.74) is 0.713. The summed E-state index contributed by atoms with van der Waals surface area (Å²) in [6.45, 7) is 1.66. The molecule has 5 heteroatoms. The molecule has 4 nitrogen and oxygen atoms in total. The van der Waals surface area contributed by atoms with Crippen molar-refractivity contribution in [2.75, 3.05) is 0 Å². The second-order valence-electron chi connectivity index (χ2n) is 5.20. The number of carboxylic acids is 1. The molecule has 1 atom stereocenters. The van der Waals surface area contributed by atoms with Crippen LogP contribution >= 0.6 is 15.9 Å². The topological polar surface area (TPSA) is 55.8 Å². The normalized spacial score (nSPS) is 20.7. The lowest BCUT2D eigenvalue weighted by molar-refractivity contribution is -0.138. The number of carbonyl (C=O) groups is 1. The summed E-state index contributed by atoms with van der Waals surface area (Å²) in [5.74, 6) is -0.575. The molecule has 2 aliphatic rings. The van der Waals surface area contributed by atoms with Crippen molar-refractivity contribution in [2.24, 2.45) is 0 Å². The van der Waals surface area contributed by atoms with Gasteiger partial charge in [0, 0.05) is 17.3 Å². The number of aliphatic carboxylic acids is 1. The number of carboxylic acid groups (broad SMARTS) is 1. The Morgan fingerprint density at radius 3 is 2.47 bits per heavy atom. The maximum atomic E-state index is 11.1. The Morgan fingerprint density at radius 2 is 1.89 bits per heavy atom. The summed E-state index contributed by atoms with van der Waals surface area (Å²) in [6.07, 6.45) is 3.99. The summed E-state index contributed by atoms with van der Waals surface area (Å²) in [6, 6.07) is 3.60. The zero-order chi connectivity index (χ0) is 13.6. The third-order valence-corrected chi connectivity index (χ3v) is 4.54. The second-order valence-corrected chi connectivity index (χ2v) is 6.06. The van der Waals surface area contributed by atoms with Gasteiger partial charge < -0.3 is 14.6 Å². The van der Waals surface area contributed by atoms with Crippen LogP contribution in [0.5, 0.6) is 11.5 Å². The van der Waals surface area contributed by atoms with E-state index in [1.807, 2.05) is 6.07 Å². The number of hydrogen-bond acceptors (Lipinski definition) is 3. The van der Waals surface area contributed by atoms with E-state index in [0.29, 0.717) is 17.1 Å². The quantitative estimate of drug-likeness (QED) is 0.900. The molecule has 0 aromatic heterocycles. The summed E-state index contributed by atoms with van der Waals surface area (Å²) >= 11 is 3.42. The fraction of sp³-hybridized carbons (Fsp3) is 0.500. The van der Waals surface area contributed by atoms with Crippen LogP contribution in [0.15, 0.2) is 16.6 Å². The molecule has 1 aromatic carbocycles. The van der Waals surface area contributed by atoms with Crippen molar-refractivity contribution in [3.8, 4) is 11.5 Å². The van der Waals surface area contributed by atoms with Gasteiger partial charge in [-0.3, -0.25) is 4.79 Å². The van der Waals surface area contributed by atoms with Gasteiger partial charge in [-0.1, -0.05) is 15.9 Å². The van der Waals surface area contributed by atoms with Crippen LogP contribution in [0.3, 0.4) is 0 Å². The van der Waals surface area contributed by atoms with Gasteiger partial charge in [0.25, 0.3) is 5.79 Å². The molecule has 1 N–H and O–H groups in total. The molecular formula is C14H15BrO4. The molecule has 102 valence electrons. The van der Waals surface area contributed by atoms with Gasteiger partial charge in [-0.2, -0.15) is 0 Å². The van der Waals surface area contributed by atoms with Crippen LogP contribution in [0.25, 0.3) is 0 Å². The summed E-state index contributed by atoms with van der Waals surface area (Å²) in [5, 5.41) is 9.12. The molecule has 1 fully saturated rings. The fourth-order valence-electron chi connectivity index (χ4n) is 2.71. The maximum Gasteiger partial charge on any atom is 0.310 e. The predicted octanol–water partition coefficient (Wildman–Crippen LogP) is 3.68. The number of hydrogen-bond donors (Lipinski definition) is 1. The van der Waals surface area contributed by atoms with E-state index in [0.717, 1.165) is 30.2 Å². The molecular weight excluding hydrogens is 312 g/mol. The van der Waals surface area contributed by atoms with Crippen LogP contribution in [0.2, 0.25) is 0 Å². The first-order valence-corrected chi connectivity index (χ1v) is 7.24. The fourth-order valence-corrected chi connectivity index (χ4v) is 3.38. The maximum absolute atomic E-state index is 11.1.